The average Bonchev–Trinajstić information content (AvgIpc) is 3.07. The van der Waals surface area contributed by atoms with E-state index < -0.39 is 22.0 Å². The Morgan fingerprint density at radius 3 is 2.80 bits per heavy atom. The van der Waals surface area contributed by atoms with Crippen molar-refractivity contribution in [3.05, 3.63) is 42.2 Å². The molecule has 9 heteroatoms. The van der Waals surface area contributed by atoms with Crippen molar-refractivity contribution in [3.63, 3.8) is 0 Å². The van der Waals surface area contributed by atoms with Gasteiger partial charge in [0, 0.05) is 23.9 Å². The van der Waals surface area contributed by atoms with Crippen molar-refractivity contribution >= 4 is 16.6 Å². The van der Waals surface area contributed by atoms with Crippen molar-refractivity contribution in [2.75, 3.05) is 5.75 Å². The summed E-state index contributed by atoms with van der Waals surface area (Å²) in [5.74, 6) is -1.13. The molecule has 2 N–H and O–H groups in total. The number of thiol groups is 1. The zero-order chi connectivity index (χ0) is 18.4. The number of benzene rings is 1. The first-order chi connectivity index (χ1) is 11.9. The summed E-state index contributed by atoms with van der Waals surface area (Å²) < 4.78 is 23.6. The molecule has 1 atom stereocenters. The molecule has 0 fully saturated rings. The number of nitrogens with zero attached hydrogens (tertiary/aromatic N) is 3. The third kappa shape index (κ3) is 4.43. The van der Waals surface area contributed by atoms with E-state index in [1.807, 2.05) is 12.1 Å². The van der Waals surface area contributed by atoms with Gasteiger partial charge < -0.3 is 0 Å². The molecule has 2 rings (SSSR count). The first-order valence-electron chi connectivity index (χ1n) is 7.48. The minimum atomic E-state index is -2.78. The molecule has 0 radical (unpaired) electrons. The van der Waals surface area contributed by atoms with Crippen LogP contribution in [0.2, 0.25) is 0 Å². The van der Waals surface area contributed by atoms with Crippen LogP contribution >= 0.6 is 0 Å². The van der Waals surface area contributed by atoms with Gasteiger partial charge in [-0.2, -0.15) is 10.4 Å². The van der Waals surface area contributed by atoms with Gasteiger partial charge in [-0.15, -0.1) is 0 Å². The highest BCUT2D eigenvalue weighted by atomic mass is 32.2. The molecule has 0 bridgehead atoms. The van der Waals surface area contributed by atoms with Crippen molar-refractivity contribution < 1.29 is 18.4 Å². The zero-order valence-electron chi connectivity index (χ0n) is 13.5. The lowest BCUT2D eigenvalue weighted by Crippen LogP contribution is -2.41. The van der Waals surface area contributed by atoms with E-state index in [9.17, 15) is 13.2 Å². The van der Waals surface area contributed by atoms with E-state index in [0.717, 1.165) is 11.1 Å². The van der Waals surface area contributed by atoms with Crippen LogP contribution in [-0.2, 0) is 22.0 Å². The molecular formula is C16H18N4O4S. The van der Waals surface area contributed by atoms with Crippen molar-refractivity contribution in [2.24, 2.45) is 5.41 Å². The highest BCUT2D eigenvalue weighted by Crippen LogP contribution is 2.25. The lowest BCUT2D eigenvalue weighted by atomic mass is 9.88. The number of nitrogens with one attached hydrogen (secondary N) is 1. The topological polar surface area (TPSA) is 125 Å². The van der Waals surface area contributed by atoms with Crippen LogP contribution in [-0.4, -0.2) is 35.1 Å². The van der Waals surface area contributed by atoms with Gasteiger partial charge in [-0.25, -0.2) is 13.9 Å². The first-order valence-corrected chi connectivity index (χ1v) is 8.84. The molecule has 0 aliphatic rings. The van der Waals surface area contributed by atoms with E-state index in [-0.39, 0.29) is 18.7 Å². The number of carbonyl (C=O) groups excluding carboxylic acids is 1. The lowest BCUT2D eigenvalue weighted by Gasteiger charge is -2.24. The van der Waals surface area contributed by atoms with Crippen LogP contribution in [0.3, 0.4) is 0 Å². The molecule has 132 valence electrons. The minimum Gasteiger partial charge on any atom is -0.289 e. The Labute approximate surface area is 146 Å². The van der Waals surface area contributed by atoms with Gasteiger partial charge in [-0.05, 0) is 19.4 Å². The summed E-state index contributed by atoms with van der Waals surface area (Å²) >= 11 is 0. The highest BCUT2D eigenvalue weighted by Gasteiger charge is 2.34. The van der Waals surface area contributed by atoms with E-state index in [0.29, 0.717) is 5.56 Å². The van der Waals surface area contributed by atoms with Gasteiger partial charge in [-0.1, -0.05) is 18.2 Å². The summed E-state index contributed by atoms with van der Waals surface area (Å²) in [6.07, 6.45) is 3.50. The summed E-state index contributed by atoms with van der Waals surface area (Å²) in [5.41, 5.74) is 2.28. The van der Waals surface area contributed by atoms with Gasteiger partial charge >= 0.3 is 0 Å². The van der Waals surface area contributed by atoms with E-state index in [1.165, 1.54) is 12.4 Å². The molecule has 2 aromatic rings. The van der Waals surface area contributed by atoms with Gasteiger partial charge in [0.15, 0.2) is 0 Å². The van der Waals surface area contributed by atoms with E-state index in [4.69, 9.17) is 10.5 Å². The number of rotatable bonds is 7. The molecule has 0 spiro atoms. The summed E-state index contributed by atoms with van der Waals surface area (Å²) in [6.45, 7) is 1.75. The van der Waals surface area contributed by atoms with E-state index in [2.05, 4.69) is 11.2 Å². The molecule has 1 aromatic carbocycles. The Bertz CT molecular complexity index is 876. The van der Waals surface area contributed by atoms with Crippen LogP contribution in [0.1, 0.15) is 18.9 Å². The third-order valence-corrected chi connectivity index (χ3v) is 4.97. The minimum absolute atomic E-state index is 0.170. The molecule has 0 saturated carbocycles. The van der Waals surface area contributed by atoms with Crippen LogP contribution < -0.4 is 5.48 Å². The maximum absolute atomic E-state index is 11.8. The maximum Gasteiger partial charge on any atom is 0.250 e. The van der Waals surface area contributed by atoms with Crippen LogP contribution in [0.5, 0.6) is 0 Å². The largest absolute Gasteiger partial charge is 0.289 e. The highest BCUT2D eigenvalue weighted by molar-refractivity contribution is 7.72. The van der Waals surface area contributed by atoms with Crippen LogP contribution in [0.4, 0.5) is 0 Å². The maximum atomic E-state index is 11.8. The number of aryl methyl sites for hydroxylation is 1. The van der Waals surface area contributed by atoms with Gasteiger partial charge in [0.05, 0.1) is 29.0 Å². The van der Waals surface area contributed by atoms with Crippen molar-refractivity contribution in [2.45, 2.75) is 19.9 Å². The second kappa shape index (κ2) is 7.92. The smallest absolute Gasteiger partial charge is 0.250 e. The number of amides is 1. The average molecular weight is 362 g/mol. The summed E-state index contributed by atoms with van der Waals surface area (Å²) in [4.78, 5) is 11.8. The Hall–Kier alpha value is -2.70. The zero-order valence-corrected chi connectivity index (χ0v) is 14.4. The molecule has 8 nitrogen and oxygen atoms in total. The predicted molar refractivity (Wildman–Crippen MR) is 90.2 cm³/mol. The lowest BCUT2D eigenvalue weighted by molar-refractivity contribution is -0.138. The Morgan fingerprint density at radius 1 is 1.44 bits per heavy atom. The van der Waals surface area contributed by atoms with Crippen molar-refractivity contribution in [3.8, 4) is 17.2 Å². The number of carbonyl (C=O) groups is 1. The summed E-state index contributed by atoms with van der Waals surface area (Å²) in [6, 6.07) is 9.23. The molecular weight excluding hydrogens is 344 g/mol. The summed E-state index contributed by atoms with van der Waals surface area (Å²) in [5, 5.41) is 22.2. The third-order valence-electron chi connectivity index (χ3n) is 4.01. The van der Waals surface area contributed by atoms with Crippen LogP contribution in [0.25, 0.3) is 11.1 Å². The van der Waals surface area contributed by atoms with Gasteiger partial charge in [0.1, 0.15) is 10.7 Å². The number of hydrogen-bond acceptors (Lipinski definition) is 6. The number of nitriles is 1. The van der Waals surface area contributed by atoms with Crippen molar-refractivity contribution in [1.29, 1.82) is 5.26 Å². The van der Waals surface area contributed by atoms with Gasteiger partial charge in [-0.3, -0.25) is 14.7 Å². The molecule has 0 saturated heterocycles. The van der Waals surface area contributed by atoms with Gasteiger partial charge in [0.25, 0.3) is 0 Å². The molecule has 0 aliphatic carbocycles. The molecule has 0 aliphatic heterocycles. The van der Waals surface area contributed by atoms with Crippen LogP contribution in [0.15, 0.2) is 36.7 Å². The molecule has 1 heterocycles. The SMILES string of the molecule is CC(CCn1cc(-c2ccccc2C#N)cn1)(C[SH](=O)=O)C(=O)NO. The van der Waals surface area contributed by atoms with Crippen LogP contribution in [0, 0.1) is 16.7 Å². The molecule has 1 amide bonds. The van der Waals surface area contributed by atoms with E-state index in [1.54, 1.807) is 29.2 Å². The monoisotopic (exact) mass is 362 g/mol. The quantitative estimate of drug-likeness (QED) is 0.382. The fraction of sp³-hybridized carbons (Fsp3) is 0.312. The second-order valence-corrected chi connectivity index (χ2v) is 6.87. The fourth-order valence-electron chi connectivity index (χ4n) is 2.50. The standard InChI is InChI=1S/C16H18N4O4S/c1-16(11-25(23)24,15(21)19-22)6-7-20-10-13(9-18-20)14-5-3-2-4-12(14)8-17/h2-5,9-10,22,25H,6-7,11H2,1H3,(H,19,21). The normalized spacial score (nSPS) is 13.2. The fourth-order valence-corrected chi connectivity index (χ4v) is 3.37. The Kier molecular flexibility index (Phi) is 5.90. The molecule has 1 unspecified atom stereocenters. The number of aromatic nitrogens is 2. The molecule has 1 aromatic heterocycles. The van der Waals surface area contributed by atoms with E-state index >= 15 is 0 Å². The van der Waals surface area contributed by atoms with Gasteiger partial charge in [0.2, 0.25) is 5.91 Å². The Balaban J connectivity index is 2.18. The first kappa shape index (κ1) is 18.6. The second-order valence-electron chi connectivity index (χ2n) is 5.89. The summed E-state index contributed by atoms with van der Waals surface area (Å²) in [7, 11) is -2.78. The number of hydroxylamine groups is 1. The molecule has 25 heavy (non-hydrogen) atoms. The Morgan fingerprint density at radius 2 is 2.16 bits per heavy atom. The predicted octanol–water partition coefficient (Wildman–Crippen LogP) is 0.935. The van der Waals surface area contributed by atoms with Crippen molar-refractivity contribution in [1.82, 2.24) is 15.3 Å². The number of hydrogen-bond donors (Lipinski definition) is 3.